The van der Waals surface area contributed by atoms with E-state index in [-0.39, 0.29) is 29.4 Å². The number of hydrogen-bond donors (Lipinski definition) is 0. The fourth-order valence-electron chi connectivity index (χ4n) is 3.49. The molecule has 1 aliphatic rings. The first-order chi connectivity index (χ1) is 12.3. The number of sulfone groups is 1. The van der Waals surface area contributed by atoms with E-state index in [4.69, 9.17) is 0 Å². The molecule has 0 N–H and O–H groups in total. The maximum atomic E-state index is 13.0. The molecule has 3 rings (SSSR count). The predicted octanol–water partition coefficient (Wildman–Crippen LogP) is 2.31. The molecule has 26 heavy (non-hydrogen) atoms. The summed E-state index contributed by atoms with van der Waals surface area (Å²) in [7, 11) is -1.35. The highest BCUT2D eigenvalue weighted by atomic mass is 32.2. The Bertz CT molecular complexity index is 888. The number of carbonyl (C=O) groups is 1. The molecule has 0 aliphatic carbocycles. The average Bonchev–Trinajstić information content (AvgIpc) is 3.17. The molecule has 1 amide bonds. The quantitative estimate of drug-likeness (QED) is 0.804. The lowest BCUT2D eigenvalue weighted by Crippen LogP contribution is -2.38. The van der Waals surface area contributed by atoms with Gasteiger partial charge >= 0.3 is 0 Å². The zero-order chi connectivity index (χ0) is 18.9. The van der Waals surface area contributed by atoms with Crippen LogP contribution in [0.5, 0.6) is 0 Å². The highest BCUT2D eigenvalue weighted by molar-refractivity contribution is 7.91. The molecule has 1 aliphatic heterocycles. The smallest absolute Gasteiger partial charge is 0.257 e. The summed E-state index contributed by atoms with van der Waals surface area (Å²) in [5, 5.41) is 4.44. The predicted molar refractivity (Wildman–Crippen MR) is 101 cm³/mol. The molecular formula is C19H25N3O3S. The van der Waals surface area contributed by atoms with Gasteiger partial charge in [0.05, 0.1) is 35.5 Å². The Hall–Kier alpha value is -2.15. The summed E-state index contributed by atoms with van der Waals surface area (Å²) in [5.74, 6) is 0.167. The normalized spacial score (nSPS) is 19.0. The van der Waals surface area contributed by atoms with Crippen molar-refractivity contribution in [2.75, 3.05) is 18.6 Å². The van der Waals surface area contributed by atoms with Gasteiger partial charge in [-0.05, 0) is 17.9 Å². The van der Waals surface area contributed by atoms with Crippen LogP contribution in [0.3, 0.4) is 0 Å². The molecular weight excluding hydrogens is 350 g/mol. The van der Waals surface area contributed by atoms with Gasteiger partial charge in [-0.3, -0.25) is 9.48 Å². The maximum Gasteiger partial charge on any atom is 0.257 e. The Morgan fingerprint density at radius 1 is 1.31 bits per heavy atom. The number of carbonyl (C=O) groups excluding carboxylic acids is 1. The molecule has 0 unspecified atom stereocenters. The first kappa shape index (κ1) is 18.6. The third kappa shape index (κ3) is 3.82. The second kappa shape index (κ2) is 7.23. The molecule has 6 nitrogen and oxygen atoms in total. The topological polar surface area (TPSA) is 72.3 Å². The lowest BCUT2D eigenvalue weighted by molar-refractivity contribution is 0.0746. The highest BCUT2D eigenvalue weighted by Gasteiger charge is 2.34. The van der Waals surface area contributed by atoms with Crippen LogP contribution in [0.25, 0.3) is 0 Å². The van der Waals surface area contributed by atoms with Gasteiger partial charge in [0, 0.05) is 13.1 Å². The minimum atomic E-state index is -3.03. The number of nitrogens with zero attached hydrogens (tertiary/aromatic N) is 3. The van der Waals surface area contributed by atoms with Crippen LogP contribution in [0.1, 0.15) is 47.8 Å². The van der Waals surface area contributed by atoms with Gasteiger partial charge in [0.1, 0.15) is 0 Å². The van der Waals surface area contributed by atoms with Gasteiger partial charge in [0.2, 0.25) is 0 Å². The first-order valence-electron chi connectivity index (χ1n) is 8.85. The van der Waals surface area contributed by atoms with Crippen molar-refractivity contribution in [2.24, 2.45) is 0 Å². The van der Waals surface area contributed by atoms with Crippen molar-refractivity contribution in [3.63, 3.8) is 0 Å². The molecule has 1 atom stereocenters. The molecule has 7 heteroatoms. The Morgan fingerprint density at radius 2 is 2.00 bits per heavy atom. The molecule has 0 saturated carbocycles. The standard InChI is InChI=1S/C19H25N3O3S/c1-14(2)18-17(11-20-22(18)12-15-7-5-4-6-8-15)19(23)21(3)16-9-10-26(24,25)13-16/h4-8,11,14,16H,9-10,12-13H2,1-3H3/t16-/m0/s1. The van der Waals surface area contributed by atoms with Crippen molar-refractivity contribution in [1.82, 2.24) is 14.7 Å². The second-order valence-corrected chi connectivity index (χ2v) is 9.44. The zero-order valence-electron chi connectivity index (χ0n) is 15.4. The van der Waals surface area contributed by atoms with Gasteiger partial charge in [-0.2, -0.15) is 5.10 Å². The van der Waals surface area contributed by atoms with Crippen molar-refractivity contribution < 1.29 is 13.2 Å². The van der Waals surface area contributed by atoms with E-state index < -0.39 is 9.84 Å². The summed E-state index contributed by atoms with van der Waals surface area (Å²) < 4.78 is 25.3. The monoisotopic (exact) mass is 375 g/mol. The molecule has 1 aromatic carbocycles. The third-order valence-electron chi connectivity index (χ3n) is 4.91. The van der Waals surface area contributed by atoms with Crippen LogP contribution in [-0.4, -0.2) is 53.6 Å². The van der Waals surface area contributed by atoms with E-state index in [0.29, 0.717) is 18.5 Å². The van der Waals surface area contributed by atoms with Gasteiger partial charge in [-0.25, -0.2) is 8.42 Å². The van der Waals surface area contributed by atoms with Gasteiger partial charge in [-0.1, -0.05) is 44.2 Å². The molecule has 2 heterocycles. The van der Waals surface area contributed by atoms with Crippen molar-refractivity contribution in [2.45, 2.75) is 38.8 Å². The molecule has 0 radical (unpaired) electrons. The minimum Gasteiger partial charge on any atom is -0.338 e. The van der Waals surface area contributed by atoms with E-state index >= 15 is 0 Å². The lowest BCUT2D eigenvalue weighted by atomic mass is 10.0. The lowest BCUT2D eigenvalue weighted by Gasteiger charge is -2.24. The van der Waals surface area contributed by atoms with Crippen LogP contribution >= 0.6 is 0 Å². The summed E-state index contributed by atoms with van der Waals surface area (Å²) in [6.45, 7) is 4.67. The van der Waals surface area contributed by atoms with E-state index in [1.54, 1.807) is 18.1 Å². The van der Waals surface area contributed by atoms with Crippen LogP contribution in [0.15, 0.2) is 36.5 Å². The van der Waals surface area contributed by atoms with Crippen LogP contribution in [0.2, 0.25) is 0 Å². The summed E-state index contributed by atoms with van der Waals surface area (Å²) in [6, 6.07) is 9.73. The van der Waals surface area contributed by atoms with Crippen LogP contribution in [0.4, 0.5) is 0 Å². The summed E-state index contributed by atoms with van der Waals surface area (Å²) in [5.41, 5.74) is 2.56. The summed E-state index contributed by atoms with van der Waals surface area (Å²) in [4.78, 5) is 14.6. The number of aromatic nitrogens is 2. The van der Waals surface area contributed by atoms with Crippen molar-refractivity contribution in [1.29, 1.82) is 0 Å². The van der Waals surface area contributed by atoms with Gasteiger partial charge in [-0.15, -0.1) is 0 Å². The highest BCUT2D eigenvalue weighted by Crippen LogP contribution is 2.24. The molecule has 2 aromatic rings. The number of rotatable bonds is 5. The fourth-order valence-corrected chi connectivity index (χ4v) is 5.26. The SMILES string of the molecule is CC(C)c1c(C(=O)N(C)[C@H]2CCS(=O)(=O)C2)cnn1Cc1ccccc1. The average molecular weight is 375 g/mol. The molecule has 1 aromatic heterocycles. The van der Waals surface area contributed by atoms with Crippen LogP contribution in [-0.2, 0) is 16.4 Å². The number of benzene rings is 1. The third-order valence-corrected chi connectivity index (χ3v) is 6.66. The fraction of sp³-hybridized carbons (Fsp3) is 0.474. The van der Waals surface area contributed by atoms with Crippen molar-refractivity contribution in [3.8, 4) is 0 Å². The number of hydrogen-bond acceptors (Lipinski definition) is 4. The Kier molecular flexibility index (Phi) is 5.18. The van der Waals surface area contributed by atoms with E-state index in [1.807, 2.05) is 48.9 Å². The van der Waals surface area contributed by atoms with Gasteiger partial charge < -0.3 is 4.90 Å². The van der Waals surface area contributed by atoms with Crippen molar-refractivity contribution in [3.05, 3.63) is 53.3 Å². The van der Waals surface area contributed by atoms with E-state index in [1.165, 1.54) is 0 Å². The Balaban J connectivity index is 1.86. The number of amides is 1. The summed E-state index contributed by atoms with van der Waals surface area (Å²) in [6.07, 6.45) is 2.11. The Labute approximate surface area is 154 Å². The van der Waals surface area contributed by atoms with Crippen LogP contribution in [0, 0.1) is 0 Å². The molecule has 0 bridgehead atoms. The van der Waals surface area contributed by atoms with E-state index in [9.17, 15) is 13.2 Å². The van der Waals surface area contributed by atoms with Crippen LogP contribution < -0.4 is 0 Å². The molecule has 1 saturated heterocycles. The maximum absolute atomic E-state index is 13.0. The summed E-state index contributed by atoms with van der Waals surface area (Å²) >= 11 is 0. The van der Waals surface area contributed by atoms with Gasteiger partial charge in [0.15, 0.2) is 9.84 Å². The molecule has 0 spiro atoms. The molecule has 140 valence electrons. The second-order valence-electron chi connectivity index (χ2n) is 7.21. The van der Waals surface area contributed by atoms with E-state index in [2.05, 4.69) is 5.10 Å². The first-order valence-corrected chi connectivity index (χ1v) is 10.7. The Morgan fingerprint density at radius 3 is 2.58 bits per heavy atom. The molecule has 1 fully saturated rings. The van der Waals surface area contributed by atoms with Gasteiger partial charge in [0.25, 0.3) is 5.91 Å². The minimum absolute atomic E-state index is 0.0460. The van der Waals surface area contributed by atoms with E-state index in [0.717, 1.165) is 11.3 Å². The zero-order valence-corrected chi connectivity index (χ0v) is 16.2. The largest absolute Gasteiger partial charge is 0.338 e. The van der Waals surface area contributed by atoms with Crippen molar-refractivity contribution >= 4 is 15.7 Å².